The van der Waals surface area contributed by atoms with E-state index >= 15 is 0 Å². The molecule has 20 heteroatoms. The molecule has 18 nitrogen and oxygen atoms in total. The molecule has 0 aromatic carbocycles. The van der Waals surface area contributed by atoms with Crippen molar-refractivity contribution in [1.82, 2.24) is 19.6 Å². The van der Waals surface area contributed by atoms with E-state index in [0.29, 0.717) is 117 Å². The van der Waals surface area contributed by atoms with Gasteiger partial charge in [-0.3, -0.25) is 43.6 Å². The van der Waals surface area contributed by atoms with Crippen molar-refractivity contribution in [3.8, 4) is 0 Å². The molecule has 0 amide bonds. The molecule has 0 spiro atoms. The van der Waals surface area contributed by atoms with Crippen LogP contribution < -0.4 is 0 Å². The molecule has 0 saturated carbocycles. The van der Waals surface area contributed by atoms with Gasteiger partial charge < -0.3 is 44.1 Å². The molecule has 4 unspecified atom stereocenters. The van der Waals surface area contributed by atoms with Gasteiger partial charge in [0.25, 0.3) is 0 Å². The van der Waals surface area contributed by atoms with E-state index in [0.717, 1.165) is 154 Å². The van der Waals surface area contributed by atoms with E-state index < -0.39 is 24.4 Å². The Kier molecular flexibility index (Phi) is 50.6. The van der Waals surface area contributed by atoms with E-state index in [1.165, 1.54) is 0 Å². The highest BCUT2D eigenvalue weighted by molar-refractivity contribution is 8.76. The number of carbonyl (C=O) groups is 5. The standard InChI is InChI=1S/C60H114N4O14S2/c1-5-9-43-76-56(69)28-17-13-11-15-24-52(65)48-63(49-53(66)25-16-12-14-18-29-57(70)77-44-10-6-2)33-19-20-46-79-80-47-40-62-37-35-61(36-38-62)39-45-78-60(73)32-23-34-64(50-54(67)26-21-30-58(71)74-41-7-3)51-55(68)27-22-31-59(72)75-42-8-4/h52-55,65-68H,5-51H2,1-4H3. The highest BCUT2D eigenvalue weighted by atomic mass is 33.1. The zero-order valence-electron chi connectivity index (χ0n) is 50.5. The van der Waals surface area contributed by atoms with Gasteiger partial charge in [0.1, 0.15) is 6.61 Å². The van der Waals surface area contributed by atoms with Crippen LogP contribution in [0, 0.1) is 0 Å². The third-order valence-corrected chi connectivity index (χ3v) is 16.5. The van der Waals surface area contributed by atoms with Crippen molar-refractivity contribution in [2.75, 3.05) is 123 Å². The van der Waals surface area contributed by atoms with Gasteiger partial charge in [-0.1, -0.05) is 101 Å². The van der Waals surface area contributed by atoms with Gasteiger partial charge in [-0.05, 0) is 109 Å². The summed E-state index contributed by atoms with van der Waals surface area (Å²) in [7, 11) is 3.82. The number of nitrogens with zero attached hydrogens (tertiary/aromatic N) is 4. The number of aliphatic hydroxyl groups is 4. The maximum Gasteiger partial charge on any atom is 0.305 e. The molecule has 1 saturated heterocycles. The molecular formula is C60H114N4O14S2. The number of hydrogen-bond donors (Lipinski definition) is 4. The lowest BCUT2D eigenvalue weighted by Crippen LogP contribution is -2.47. The molecule has 4 atom stereocenters. The van der Waals surface area contributed by atoms with Gasteiger partial charge in [0, 0.05) is 109 Å². The van der Waals surface area contributed by atoms with E-state index in [1.54, 1.807) is 0 Å². The molecule has 0 radical (unpaired) electrons. The average Bonchev–Trinajstić information content (AvgIpc) is 3.42. The summed E-state index contributed by atoms with van der Waals surface area (Å²) in [5.41, 5.74) is 0. The van der Waals surface area contributed by atoms with Crippen molar-refractivity contribution in [3.63, 3.8) is 0 Å². The largest absolute Gasteiger partial charge is 0.466 e. The molecule has 1 fully saturated rings. The first kappa shape index (κ1) is 75.7. The predicted octanol–water partition coefficient (Wildman–Crippen LogP) is 8.75. The predicted molar refractivity (Wildman–Crippen MR) is 321 cm³/mol. The summed E-state index contributed by atoms with van der Waals surface area (Å²) < 4.78 is 26.4. The molecule has 0 aromatic rings. The van der Waals surface area contributed by atoms with Crippen LogP contribution in [0.1, 0.15) is 207 Å². The second-order valence-corrected chi connectivity index (χ2v) is 24.5. The Labute approximate surface area is 492 Å². The quantitative estimate of drug-likeness (QED) is 0.0193. The second-order valence-electron chi connectivity index (χ2n) is 21.8. The van der Waals surface area contributed by atoms with Gasteiger partial charge in [-0.2, -0.15) is 0 Å². The molecule has 1 rings (SSSR count). The SMILES string of the molecule is CCCCOC(=O)CCCCCCC(O)CN(CCCCSSCCN1CCN(CCOC(=O)CCCN(CC(O)CCCC(=O)OCCC)CC(O)CCCC(=O)OCCC)CC1)CC(O)CCCCCCC(=O)OCCCC. The van der Waals surface area contributed by atoms with Crippen LogP contribution in [-0.4, -0.2) is 217 Å². The van der Waals surface area contributed by atoms with Crippen LogP contribution in [0.25, 0.3) is 0 Å². The van der Waals surface area contributed by atoms with Crippen molar-refractivity contribution in [1.29, 1.82) is 0 Å². The molecule has 1 aliphatic rings. The number of piperazine rings is 1. The van der Waals surface area contributed by atoms with Crippen LogP contribution in [0.2, 0.25) is 0 Å². The van der Waals surface area contributed by atoms with E-state index in [9.17, 15) is 44.4 Å². The summed E-state index contributed by atoms with van der Waals surface area (Å²) in [6, 6.07) is 0. The van der Waals surface area contributed by atoms with Crippen LogP contribution in [0.15, 0.2) is 0 Å². The highest BCUT2D eigenvalue weighted by Gasteiger charge is 2.21. The molecule has 1 heterocycles. The zero-order chi connectivity index (χ0) is 58.7. The first-order valence-electron chi connectivity index (χ1n) is 31.4. The van der Waals surface area contributed by atoms with Crippen LogP contribution in [0.5, 0.6) is 0 Å². The van der Waals surface area contributed by atoms with E-state index in [4.69, 9.17) is 23.7 Å². The minimum atomic E-state index is -0.714. The third-order valence-electron chi connectivity index (χ3n) is 14.0. The number of carbonyl (C=O) groups excluding carboxylic acids is 5. The van der Waals surface area contributed by atoms with E-state index in [1.807, 2.05) is 40.3 Å². The number of rotatable bonds is 56. The van der Waals surface area contributed by atoms with Crippen molar-refractivity contribution in [2.24, 2.45) is 0 Å². The maximum absolute atomic E-state index is 12.7. The number of aliphatic hydroxyl groups excluding tert-OH is 4. The Hall–Kier alpha value is -2.27. The molecule has 0 aliphatic carbocycles. The fourth-order valence-corrected chi connectivity index (χ4v) is 11.4. The fourth-order valence-electron chi connectivity index (χ4n) is 9.25. The molecule has 1 aliphatic heterocycles. The normalized spacial score (nSPS) is 14.7. The summed E-state index contributed by atoms with van der Waals surface area (Å²) in [5.74, 6) is 1.02. The minimum Gasteiger partial charge on any atom is -0.466 e. The molecule has 4 N–H and O–H groups in total. The lowest BCUT2D eigenvalue weighted by molar-refractivity contribution is -0.145. The number of unbranched alkanes of at least 4 members (excludes halogenated alkanes) is 9. The molecular weight excluding hydrogens is 1060 g/mol. The van der Waals surface area contributed by atoms with Crippen LogP contribution in [0.3, 0.4) is 0 Å². The Morgan fingerprint density at radius 2 is 0.725 bits per heavy atom. The van der Waals surface area contributed by atoms with Crippen molar-refractivity contribution in [3.05, 3.63) is 0 Å². The smallest absolute Gasteiger partial charge is 0.305 e. The number of hydrogen-bond acceptors (Lipinski definition) is 20. The summed E-state index contributed by atoms with van der Waals surface area (Å²) in [6.07, 6.45) is 17.5. The lowest BCUT2D eigenvalue weighted by Gasteiger charge is -2.34. The first-order chi connectivity index (χ1) is 38.8. The Balaban J connectivity index is 2.40. The monoisotopic (exact) mass is 1180 g/mol. The zero-order valence-corrected chi connectivity index (χ0v) is 52.2. The maximum atomic E-state index is 12.7. The first-order valence-corrected chi connectivity index (χ1v) is 33.9. The Bertz CT molecular complexity index is 1440. The average molecular weight is 1180 g/mol. The molecule has 80 heavy (non-hydrogen) atoms. The Morgan fingerprint density at radius 3 is 1.16 bits per heavy atom. The number of ether oxygens (including phenoxy) is 5. The van der Waals surface area contributed by atoms with Crippen molar-refractivity contribution < 1.29 is 68.1 Å². The highest BCUT2D eigenvalue weighted by Crippen LogP contribution is 2.23. The van der Waals surface area contributed by atoms with E-state index in [-0.39, 0.29) is 62.2 Å². The summed E-state index contributed by atoms with van der Waals surface area (Å²) in [4.78, 5) is 69.4. The third kappa shape index (κ3) is 47.1. The summed E-state index contributed by atoms with van der Waals surface area (Å²) in [5, 5.41) is 43.6. The van der Waals surface area contributed by atoms with Crippen LogP contribution in [0.4, 0.5) is 0 Å². The Morgan fingerprint density at radius 1 is 0.375 bits per heavy atom. The van der Waals surface area contributed by atoms with Crippen LogP contribution in [-0.2, 0) is 47.7 Å². The minimum absolute atomic E-state index is 0.120. The molecule has 470 valence electrons. The summed E-state index contributed by atoms with van der Waals surface area (Å²) in [6.45, 7) is 18.5. The van der Waals surface area contributed by atoms with Gasteiger partial charge in [0.05, 0.1) is 50.8 Å². The number of esters is 5. The van der Waals surface area contributed by atoms with Gasteiger partial charge in [0.2, 0.25) is 0 Å². The van der Waals surface area contributed by atoms with Crippen LogP contribution >= 0.6 is 21.6 Å². The topological polar surface area (TPSA) is 225 Å². The second kappa shape index (κ2) is 53.5. The fraction of sp³-hybridized carbons (Fsp3) is 0.917. The molecule has 0 aromatic heterocycles. The van der Waals surface area contributed by atoms with E-state index in [2.05, 4.69) is 28.5 Å². The van der Waals surface area contributed by atoms with Gasteiger partial charge in [-0.25, -0.2) is 0 Å². The molecule has 0 bridgehead atoms. The van der Waals surface area contributed by atoms with Crippen molar-refractivity contribution in [2.45, 2.75) is 232 Å². The van der Waals surface area contributed by atoms with Gasteiger partial charge in [-0.15, -0.1) is 0 Å². The van der Waals surface area contributed by atoms with Crippen molar-refractivity contribution >= 4 is 51.4 Å². The lowest BCUT2D eigenvalue weighted by atomic mass is 10.1. The summed E-state index contributed by atoms with van der Waals surface area (Å²) >= 11 is 0. The van der Waals surface area contributed by atoms with Gasteiger partial charge >= 0.3 is 29.8 Å². The van der Waals surface area contributed by atoms with Gasteiger partial charge in [0.15, 0.2) is 0 Å².